The Labute approximate surface area is 126 Å². The molecular formula is C18H23N3. The van der Waals surface area contributed by atoms with Gasteiger partial charge in [-0.15, -0.1) is 0 Å². The number of rotatable bonds is 3. The Kier molecular flexibility index (Phi) is 2.96. The van der Waals surface area contributed by atoms with E-state index < -0.39 is 0 Å². The molecule has 1 heterocycles. The maximum atomic E-state index is 9.24. The third-order valence-corrected chi connectivity index (χ3v) is 5.94. The molecule has 0 saturated heterocycles. The molecule has 4 fully saturated rings. The number of nitrogens with one attached hydrogen (secondary N) is 1. The maximum absolute atomic E-state index is 9.24. The molecule has 0 radical (unpaired) electrons. The molecule has 0 atom stereocenters. The number of anilines is 1. The molecule has 4 aliphatic carbocycles. The zero-order valence-corrected chi connectivity index (χ0v) is 12.7. The number of nitrogens with zero attached hydrogens (tertiary/aromatic N) is 2. The molecule has 0 spiro atoms. The van der Waals surface area contributed by atoms with E-state index >= 15 is 0 Å². The highest BCUT2D eigenvalue weighted by Gasteiger charge is 2.52. The number of hydrogen-bond donors (Lipinski definition) is 1. The minimum Gasteiger partial charge on any atom is -0.369 e. The fourth-order valence-corrected chi connectivity index (χ4v) is 5.57. The Morgan fingerprint density at radius 2 is 1.81 bits per heavy atom. The minimum atomic E-state index is 0.312. The van der Waals surface area contributed by atoms with Crippen molar-refractivity contribution in [2.75, 3.05) is 11.9 Å². The van der Waals surface area contributed by atoms with E-state index in [9.17, 15) is 5.26 Å². The molecule has 1 aromatic heterocycles. The van der Waals surface area contributed by atoms with Crippen molar-refractivity contribution < 1.29 is 0 Å². The quantitative estimate of drug-likeness (QED) is 0.915. The fourth-order valence-electron chi connectivity index (χ4n) is 5.57. The van der Waals surface area contributed by atoms with Crippen LogP contribution in [0.25, 0.3) is 0 Å². The molecule has 0 amide bonds. The van der Waals surface area contributed by atoms with Gasteiger partial charge < -0.3 is 5.32 Å². The summed E-state index contributed by atoms with van der Waals surface area (Å²) in [4.78, 5) is 4.89. The summed E-state index contributed by atoms with van der Waals surface area (Å²) < 4.78 is 0. The fraction of sp³-hybridized carbons (Fsp3) is 0.667. The summed E-state index contributed by atoms with van der Waals surface area (Å²) in [5, 5.41) is 12.5. The zero-order valence-electron chi connectivity index (χ0n) is 12.7. The van der Waals surface area contributed by atoms with Gasteiger partial charge in [0.2, 0.25) is 0 Å². The van der Waals surface area contributed by atoms with Crippen LogP contribution in [0.3, 0.4) is 0 Å². The van der Waals surface area contributed by atoms with Crippen molar-refractivity contribution in [3.8, 4) is 6.07 Å². The van der Waals surface area contributed by atoms with Crippen molar-refractivity contribution >= 4 is 5.82 Å². The summed E-state index contributed by atoms with van der Waals surface area (Å²) in [6.07, 6.45) is 8.33. The molecule has 3 nitrogen and oxygen atoms in total. The van der Waals surface area contributed by atoms with Crippen LogP contribution in [-0.4, -0.2) is 11.5 Å². The Balaban J connectivity index is 1.73. The van der Waals surface area contributed by atoms with Crippen molar-refractivity contribution in [2.45, 2.75) is 50.9 Å². The molecule has 4 aliphatic rings. The van der Waals surface area contributed by atoms with Crippen LogP contribution in [0.2, 0.25) is 0 Å². The van der Waals surface area contributed by atoms with E-state index in [0.29, 0.717) is 11.0 Å². The molecule has 5 rings (SSSR count). The minimum absolute atomic E-state index is 0.312. The molecule has 0 aliphatic heterocycles. The van der Waals surface area contributed by atoms with Crippen LogP contribution in [-0.2, 0) is 5.41 Å². The predicted octanol–water partition coefficient (Wildman–Crippen LogP) is 3.85. The summed E-state index contributed by atoms with van der Waals surface area (Å²) in [7, 11) is 0. The van der Waals surface area contributed by atoms with Gasteiger partial charge in [-0.25, -0.2) is 4.98 Å². The monoisotopic (exact) mass is 281 g/mol. The van der Waals surface area contributed by atoms with Gasteiger partial charge in [-0.05, 0) is 75.3 Å². The molecule has 1 aromatic rings. The first kappa shape index (κ1) is 13.1. The number of aromatic nitrogens is 1. The molecule has 0 unspecified atom stereocenters. The first-order valence-corrected chi connectivity index (χ1v) is 8.38. The molecule has 4 bridgehead atoms. The van der Waals surface area contributed by atoms with Gasteiger partial charge in [-0.3, -0.25) is 0 Å². The first-order chi connectivity index (χ1) is 10.2. The molecule has 3 heteroatoms. The van der Waals surface area contributed by atoms with E-state index in [0.717, 1.165) is 30.1 Å². The largest absolute Gasteiger partial charge is 0.369 e. The Hall–Kier alpha value is -1.56. The van der Waals surface area contributed by atoms with Crippen molar-refractivity contribution in [1.29, 1.82) is 5.26 Å². The van der Waals surface area contributed by atoms with Crippen LogP contribution in [0, 0.1) is 29.1 Å². The second-order valence-electron chi connectivity index (χ2n) is 7.43. The normalized spacial score (nSPS) is 36.5. The highest BCUT2D eigenvalue weighted by molar-refractivity contribution is 5.53. The van der Waals surface area contributed by atoms with E-state index in [4.69, 9.17) is 4.98 Å². The van der Waals surface area contributed by atoms with Crippen molar-refractivity contribution in [2.24, 2.45) is 17.8 Å². The molecule has 4 saturated carbocycles. The average Bonchev–Trinajstić information content (AvgIpc) is 2.46. The lowest BCUT2D eigenvalue weighted by molar-refractivity contribution is -0.00714. The Morgan fingerprint density at radius 3 is 2.33 bits per heavy atom. The first-order valence-electron chi connectivity index (χ1n) is 8.38. The summed E-state index contributed by atoms with van der Waals surface area (Å²) in [6, 6.07) is 6.36. The molecule has 110 valence electrons. The van der Waals surface area contributed by atoms with Gasteiger partial charge in [0.15, 0.2) is 0 Å². The molecular weight excluding hydrogens is 258 g/mol. The van der Waals surface area contributed by atoms with Gasteiger partial charge in [-0.2, -0.15) is 5.26 Å². The summed E-state index contributed by atoms with van der Waals surface area (Å²) in [5.74, 6) is 3.57. The van der Waals surface area contributed by atoms with Crippen LogP contribution in [0.15, 0.2) is 12.1 Å². The number of pyridine rings is 1. The zero-order chi connectivity index (χ0) is 14.4. The van der Waals surface area contributed by atoms with E-state index in [1.54, 1.807) is 0 Å². The van der Waals surface area contributed by atoms with Crippen LogP contribution in [0.4, 0.5) is 5.82 Å². The second kappa shape index (κ2) is 4.73. The van der Waals surface area contributed by atoms with Gasteiger partial charge in [-0.1, -0.05) is 0 Å². The lowest BCUT2D eigenvalue weighted by atomic mass is 9.49. The smallest absolute Gasteiger partial charge is 0.144 e. The average molecular weight is 281 g/mol. The third-order valence-electron chi connectivity index (χ3n) is 5.94. The standard InChI is InChI=1S/C18H23N3/c1-2-20-17-15(11-19)3-4-16(21-17)18-8-12-5-13(9-18)7-14(6-12)10-18/h3-4,12-14H,2,5-10H2,1H3,(H,20,21). The van der Waals surface area contributed by atoms with Crippen molar-refractivity contribution in [1.82, 2.24) is 4.98 Å². The molecule has 21 heavy (non-hydrogen) atoms. The lowest BCUT2D eigenvalue weighted by Gasteiger charge is -2.56. The molecule has 0 aromatic carbocycles. The van der Waals surface area contributed by atoms with Crippen LogP contribution in [0.1, 0.15) is 56.7 Å². The van der Waals surface area contributed by atoms with Gasteiger partial charge in [0, 0.05) is 17.7 Å². The van der Waals surface area contributed by atoms with Gasteiger partial charge in [0.05, 0.1) is 5.56 Å². The summed E-state index contributed by atoms with van der Waals surface area (Å²) in [5.41, 5.74) is 2.23. The highest BCUT2D eigenvalue weighted by Crippen LogP contribution is 2.60. The van der Waals surface area contributed by atoms with E-state index in [1.165, 1.54) is 44.2 Å². The second-order valence-corrected chi connectivity index (χ2v) is 7.43. The lowest BCUT2D eigenvalue weighted by Crippen LogP contribution is -2.49. The van der Waals surface area contributed by atoms with Crippen LogP contribution in [0.5, 0.6) is 0 Å². The molecule has 1 N–H and O–H groups in total. The number of nitriles is 1. The van der Waals surface area contributed by atoms with E-state index in [-0.39, 0.29) is 0 Å². The highest BCUT2D eigenvalue weighted by atomic mass is 15.0. The summed E-state index contributed by atoms with van der Waals surface area (Å²) >= 11 is 0. The van der Waals surface area contributed by atoms with Crippen LogP contribution < -0.4 is 5.32 Å². The maximum Gasteiger partial charge on any atom is 0.144 e. The van der Waals surface area contributed by atoms with Gasteiger partial charge in [0.1, 0.15) is 11.9 Å². The topological polar surface area (TPSA) is 48.7 Å². The van der Waals surface area contributed by atoms with E-state index in [1.807, 2.05) is 6.07 Å². The Bertz CT molecular complexity index is 564. The van der Waals surface area contributed by atoms with E-state index in [2.05, 4.69) is 24.4 Å². The van der Waals surface area contributed by atoms with Crippen LogP contribution >= 0.6 is 0 Å². The van der Waals surface area contributed by atoms with Gasteiger partial charge >= 0.3 is 0 Å². The SMILES string of the molecule is CCNc1nc(C23CC4CC(CC(C4)C2)C3)ccc1C#N. The predicted molar refractivity (Wildman–Crippen MR) is 83.0 cm³/mol. The third kappa shape index (κ3) is 2.04. The number of hydrogen-bond acceptors (Lipinski definition) is 3. The van der Waals surface area contributed by atoms with Gasteiger partial charge in [0.25, 0.3) is 0 Å². The summed E-state index contributed by atoms with van der Waals surface area (Å²) in [6.45, 7) is 2.87. The van der Waals surface area contributed by atoms with Crippen molar-refractivity contribution in [3.63, 3.8) is 0 Å². The Morgan fingerprint density at radius 1 is 1.19 bits per heavy atom. The van der Waals surface area contributed by atoms with Crippen molar-refractivity contribution in [3.05, 3.63) is 23.4 Å².